The minimum absolute atomic E-state index is 0.237. The first-order valence-corrected chi connectivity index (χ1v) is 8.64. The van der Waals surface area contributed by atoms with Gasteiger partial charge in [0.05, 0.1) is 10.7 Å². The maximum absolute atomic E-state index is 14.0. The van der Waals surface area contributed by atoms with Crippen LogP contribution in [0, 0.1) is 29.0 Å². The van der Waals surface area contributed by atoms with Gasteiger partial charge in [0, 0.05) is 6.04 Å². The average Bonchev–Trinajstić information content (AvgIpc) is 2.41. The monoisotopic (exact) mass is 307 g/mol. The molecule has 0 radical (unpaired) electrons. The van der Waals surface area contributed by atoms with Crippen LogP contribution >= 0.6 is 11.6 Å². The summed E-state index contributed by atoms with van der Waals surface area (Å²) in [7, 11) is 0. The smallest absolute Gasteiger partial charge is 0.147 e. The van der Waals surface area contributed by atoms with Gasteiger partial charge < -0.3 is 5.32 Å². The molecule has 0 aromatic heterocycles. The maximum Gasteiger partial charge on any atom is 0.147 e. The Morgan fingerprint density at radius 2 is 1.71 bits per heavy atom. The van der Waals surface area contributed by atoms with Crippen LogP contribution in [0.3, 0.4) is 0 Å². The molecule has 0 spiro atoms. The Bertz CT molecular complexity index is 501. The molecule has 1 nitrogen and oxygen atoms in total. The van der Waals surface area contributed by atoms with Crippen molar-refractivity contribution in [2.24, 2.45) is 23.2 Å². The van der Waals surface area contributed by atoms with E-state index >= 15 is 0 Å². The minimum Gasteiger partial charge on any atom is -0.378 e. The summed E-state index contributed by atoms with van der Waals surface area (Å²) >= 11 is 6.18. The minimum atomic E-state index is -0.237. The molecule has 4 aliphatic rings. The van der Waals surface area contributed by atoms with Crippen LogP contribution in [0.15, 0.2) is 18.2 Å². The Morgan fingerprint density at radius 1 is 1.14 bits per heavy atom. The number of rotatable bonds is 3. The molecule has 1 unspecified atom stereocenters. The molecule has 114 valence electrons. The Hall–Kier alpha value is -0.760. The average molecular weight is 308 g/mol. The van der Waals surface area contributed by atoms with E-state index in [2.05, 4.69) is 12.2 Å². The molecule has 0 heterocycles. The van der Waals surface area contributed by atoms with Crippen molar-refractivity contribution in [2.45, 2.75) is 51.5 Å². The molecule has 1 N–H and O–H groups in total. The van der Waals surface area contributed by atoms with Crippen LogP contribution in [-0.2, 0) is 0 Å². The van der Waals surface area contributed by atoms with Gasteiger partial charge in [-0.1, -0.05) is 17.7 Å². The highest BCUT2D eigenvalue weighted by molar-refractivity contribution is 6.33. The maximum atomic E-state index is 14.0. The Labute approximate surface area is 131 Å². The van der Waals surface area contributed by atoms with E-state index in [1.807, 2.05) is 0 Å². The number of anilines is 1. The lowest BCUT2D eigenvalue weighted by Gasteiger charge is -2.59. The third-order valence-electron chi connectivity index (χ3n) is 6.33. The van der Waals surface area contributed by atoms with E-state index < -0.39 is 0 Å². The van der Waals surface area contributed by atoms with Crippen LogP contribution in [-0.4, -0.2) is 6.04 Å². The first kappa shape index (κ1) is 13.9. The second-order valence-corrected chi connectivity index (χ2v) is 8.15. The van der Waals surface area contributed by atoms with Gasteiger partial charge in [-0.25, -0.2) is 4.39 Å². The van der Waals surface area contributed by atoms with Crippen molar-refractivity contribution in [1.29, 1.82) is 0 Å². The van der Waals surface area contributed by atoms with E-state index in [1.165, 1.54) is 44.6 Å². The zero-order valence-corrected chi connectivity index (χ0v) is 13.3. The second kappa shape index (κ2) is 4.87. The summed E-state index contributed by atoms with van der Waals surface area (Å²) in [5.74, 6) is 2.50. The molecule has 3 heteroatoms. The third-order valence-corrected chi connectivity index (χ3v) is 6.64. The molecule has 0 amide bonds. The van der Waals surface area contributed by atoms with Crippen LogP contribution in [0.2, 0.25) is 5.02 Å². The zero-order chi connectivity index (χ0) is 14.6. The van der Waals surface area contributed by atoms with Crippen LogP contribution < -0.4 is 5.32 Å². The lowest BCUT2D eigenvalue weighted by molar-refractivity contribution is -0.0602. The fourth-order valence-corrected chi connectivity index (χ4v) is 5.93. The quantitative estimate of drug-likeness (QED) is 0.778. The van der Waals surface area contributed by atoms with Crippen molar-refractivity contribution >= 4 is 17.3 Å². The summed E-state index contributed by atoms with van der Waals surface area (Å²) < 4.78 is 14.0. The van der Waals surface area contributed by atoms with Gasteiger partial charge in [-0.3, -0.25) is 0 Å². The van der Waals surface area contributed by atoms with Crippen LogP contribution in [0.4, 0.5) is 10.1 Å². The molecule has 4 aliphatic carbocycles. The van der Waals surface area contributed by atoms with E-state index in [9.17, 15) is 4.39 Å². The molecule has 0 saturated heterocycles. The second-order valence-electron chi connectivity index (χ2n) is 7.74. The number of nitrogens with one attached hydrogen (secondary N) is 1. The molecule has 4 bridgehead atoms. The molecular weight excluding hydrogens is 285 g/mol. The van der Waals surface area contributed by atoms with Gasteiger partial charge in [-0.2, -0.15) is 0 Å². The Morgan fingerprint density at radius 3 is 2.24 bits per heavy atom. The fourth-order valence-electron chi connectivity index (χ4n) is 5.71. The topological polar surface area (TPSA) is 12.0 Å². The van der Waals surface area contributed by atoms with Crippen molar-refractivity contribution < 1.29 is 4.39 Å². The standard InChI is InChI=1S/C18H23ClFN/c1-11(21-17-15(19)3-2-4-16(17)20)18-8-12-5-13(9-18)7-14(6-12)10-18/h2-4,11-14,21H,5-10H2,1H3. The van der Waals surface area contributed by atoms with E-state index in [0.29, 0.717) is 22.2 Å². The summed E-state index contributed by atoms with van der Waals surface area (Å²) in [5.41, 5.74) is 0.850. The van der Waals surface area contributed by atoms with Gasteiger partial charge in [0.25, 0.3) is 0 Å². The third kappa shape index (κ3) is 2.27. The largest absolute Gasteiger partial charge is 0.378 e. The molecule has 21 heavy (non-hydrogen) atoms. The predicted octanol–water partition coefficient (Wildman–Crippen LogP) is 5.50. The summed E-state index contributed by atoms with van der Waals surface area (Å²) in [5, 5.41) is 3.92. The number of benzene rings is 1. The molecule has 4 saturated carbocycles. The van der Waals surface area contributed by atoms with Crippen molar-refractivity contribution in [3.8, 4) is 0 Å². The van der Waals surface area contributed by atoms with E-state index in [0.717, 1.165) is 17.8 Å². The highest BCUT2D eigenvalue weighted by Gasteiger charge is 2.53. The van der Waals surface area contributed by atoms with Crippen molar-refractivity contribution in [2.75, 3.05) is 5.32 Å². The van der Waals surface area contributed by atoms with Gasteiger partial charge in [0.2, 0.25) is 0 Å². The molecule has 5 rings (SSSR count). The van der Waals surface area contributed by atoms with Crippen molar-refractivity contribution in [3.05, 3.63) is 29.0 Å². The molecule has 1 atom stereocenters. The first-order valence-electron chi connectivity index (χ1n) is 8.26. The van der Waals surface area contributed by atoms with E-state index in [-0.39, 0.29) is 5.82 Å². The normalized spacial score (nSPS) is 38.5. The SMILES string of the molecule is CC(Nc1c(F)cccc1Cl)C12CC3CC(CC(C3)C1)C2. The van der Waals surface area contributed by atoms with Crippen molar-refractivity contribution in [1.82, 2.24) is 0 Å². The molecule has 4 fully saturated rings. The number of halogens is 2. The van der Waals surface area contributed by atoms with Crippen LogP contribution in [0.1, 0.15) is 45.4 Å². The molecule has 0 aliphatic heterocycles. The molecule has 1 aromatic carbocycles. The number of para-hydroxylation sites is 1. The Balaban J connectivity index is 1.59. The zero-order valence-electron chi connectivity index (χ0n) is 12.5. The highest BCUT2D eigenvalue weighted by atomic mass is 35.5. The van der Waals surface area contributed by atoms with Gasteiger partial charge in [-0.05, 0) is 80.8 Å². The Kier molecular flexibility index (Phi) is 3.22. The van der Waals surface area contributed by atoms with E-state index in [4.69, 9.17) is 11.6 Å². The number of hydrogen-bond donors (Lipinski definition) is 1. The van der Waals surface area contributed by atoms with E-state index in [1.54, 1.807) is 12.1 Å². The summed E-state index contributed by atoms with van der Waals surface area (Å²) in [6, 6.07) is 5.21. The predicted molar refractivity (Wildman–Crippen MR) is 85.1 cm³/mol. The van der Waals surface area contributed by atoms with Crippen LogP contribution in [0.25, 0.3) is 0 Å². The summed E-state index contributed by atoms with van der Waals surface area (Å²) in [6.07, 6.45) is 8.27. The van der Waals surface area contributed by atoms with Gasteiger partial charge in [-0.15, -0.1) is 0 Å². The molecular formula is C18H23ClFN. The summed E-state index contributed by atoms with van der Waals surface area (Å²) in [6.45, 7) is 2.23. The number of hydrogen-bond acceptors (Lipinski definition) is 1. The van der Waals surface area contributed by atoms with Gasteiger partial charge in [0.15, 0.2) is 0 Å². The lowest BCUT2D eigenvalue weighted by Crippen LogP contribution is -2.53. The first-order chi connectivity index (χ1) is 10.1. The summed E-state index contributed by atoms with van der Waals surface area (Å²) in [4.78, 5) is 0. The molecule has 1 aromatic rings. The van der Waals surface area contributed by atoms with Crippen LogP contribution in [0.5, 0.6) is 0 Å². The lowest BCUT2D eigenvalue weighted by atomic mass is 9.48. The fraction of sp³-hybridized carbons (Fsp3) is 0.667. The van der Waals surface area contributed by atoms with Gasteiger partial charge >= 0.3 is 0 Å². The van der Waals surface area contributed by atoms with Gasteiger partial charge in [0.1, 0.15) is 5.82 Å². The highest BCUT2D eigenvalue weighted by Crippen LogP contribution is 2.61. The van der Waals surface area contributed by atoms with Crippen molar-refractivity contribution in [3.63, 3.8) is 0 Å².